The molecule has 0 saturated carbocycles. The number of unbranched alkanes of at least 4 members (excludes halogenated alkanes) is 19. The number of carbonyl (C=O) groups is 1. The molecule has 2 N–H and O–H groups in total. The molecule has 0 fully saturated rings. The van der Waals surface area contributed by atoms with Gasteiger partial charge < -0.3 is 28.8 Å². The molecule has 0 bridgehead atoms. The highest BCUT2D eigenvalue weighted by Gasteiger charge is 2.24. The Morgan fingerprint density at radius 3 is 1.70 bits per heavy atom. The van der Waals surface area contributed by atoms with Crippen LogP contribution in [0.4, 0.5) is 0 Å². The summed E-state index contributed by atoms with van der Waals surface area (Å²) >= 11 is 0. The number of nitrogens with zero attached hydrogens (tertiary/aromatic N) is 1. The number of aliphatic hydroxyl groups excluding tert-OH is 1. The fourth-order valence-electron chi connectivity index (χ4n) is 5.38. The van der Waals surface area contributed by atoms with Gasteiger partial charge in [0.05, 0.1) is 39.9 Å². The number of carbonyl (C=O) groups excluding carboxylic acids is 1. The Labute approximate surface area is 284 Å². The lowest BCUT2D eigenvalue weighted by Crippen LogP contribution is -2.46. The number of hydrogen-bond acceptors (Lipinski definition) is 6. The van der Waals surface area contributed by atoms with E-state index in [0.717, 1.165) is 44.9 Å². The van der Waals surface area contributed by atoms with Crippen molar-refractivity contribution < 1.29 is 32.9 Å². The van der Waals surface area contributed by atoms with Crippen molar-refractivity contribution in [3.8, 4) is 0 Å². The second kappa shape index (κ2) is 30.3. The van der Waals surface area contributed by atoms with Crippen molar-refractivity contribution in [2.75, 3.05) is 40.9 Å². The number of likely N-dealkylation sites (N-methyl/N-ethyl adjacent to an activating group) is 1. The van der Waals surface area contributed by atoms with Gasteiger partial charge in [0, 0.05) is 6.42 Å². The maximum absolute atomic E-state index is 12.7. The number of rotatable bonds is 34. The summed E-state index contributed by atoms with van der Waals surface area (Å²) in [6.45, 7) is 4.66. The number of phosphoric ester groups is 1. The van der Waals surface area contributed by atoms with E-state index in [1.807, 2.05) is 21.1 Å². The zero-order chi connectivity index (χ0) is 34.4. The Bertz CT molecular complexity index is 773. The zero-order valence-electron chi connectivity index (χ0n) is 30.8. The van der Waals surface area contributed by atoms with Gasteiger partial charge in [-0.2, -0.15) is 0 Å². The lowest BCUT2D eigenvalue weighted by atomic mass is 10.0. The van der Waals surface area contributed by atoms with Crippen LogP contribution in [0.25, 0.3) is 0 Å². The van der Waals surface area contributed by atoms with E-state index in [1.165, 1.54) is 96.3 Å². The number of phosphoric acid groups is 1. The number of quaternary nitrogens is 1. The quantitative estimate of drug-likeness (QED) is 0.0305. The van der Waals surface area contributed by atoms with Crippen molar-refractivity contribution in [2.45, 2.75) is 180 Å². The summed E-state index contributed by atoms with van der Waals surface area (Å²) in [5.41, 5.74) is 0. The Morgan fingerprint density at radius 1 is 0.739 bits per heavy atom. The fourth-order valence-corrected chi connectivity index (χ4v) is 6.11. The van der Waals surface area contributed by atoms with Gasteiger partial charge in [0.2, 0.25) is 5.91 Å². The summed E-state index contributed by atoms with van der Waals surface area (Å²) in [5, 5.41) is 13.8. The molecular weight excluding hydrogens is 599 g/mol. The van der Waals surface area contributed by atoms with Crippen LogP contribution in [0.2, 0.25) is 0 Å². The molecule has 0 heterocycles. The predicted molar refractivity (Wildman–Crippen MR) is 192 cm³/mol. The second-order valence-corrected chi connectivity index (χ2v) is 15.7. The molecular formula is C37H75N2O6P. The van der Waals surface area contributed by atoms with Crippen LogP contribution in [-0.2, 0) is 18.4 Å². The third-order valence-corrected chi connectivity index (χ3v) is 9.47. The van der Waals surface area contributed by atoms with E-state index < -0.39 is 20.0 Å². The van der Waals surface area contributed by atoms with Crippen LogP contribution in [0.5, 0.6) is 0 Å². The highest BCUT2D eigenvalue weighted by atomic mass is 31.2. The Hall–Kier alpha value is -0.760. The number of amides is 1. The molecule has 0 aromatic carbocycles. The number of allylic oxidation sites excluding steroid dienone is 2. The van der Waals surface area contributed by atoms with Crippen molar-refractivity contribution in [1.29, 1.82) is 0 Å². The molecule has 46 heavy (non-hydrogen) atoms. The van der Waals surface area contributed by atoms with Crippen molar-refractivity contribution >= 4 is 13.7 Å². The predicted octanol–water partition coefficient (Wildman–Crippen LogP) is 9.00. The summed E-state index contributed by atoms with van der Waals surface area (Å²) in [7, 11) is 1.29. The molecule has 0 aliphatic heterocycles. The number of nitrogens with one attached hydrogen (secondary N) is 1. The third-order valence-electron chi connectivity index (χ3n) is 8.50. The average Bonchev–Trinajstić information content (AvgIpc) is 2.99. The van der Waals surface area contributed by atoms with Gasteiger partial charge in [-0.3, -0.25) is 9.36 Å². The first kappa shape index (κ1) is 45.2. The van der Waals surface area contributed by atoms with Crippen molar-refractivity contribution in [1.82, 2.24) is 5.32 Å². The standard InChI is InChI=1S/C37H75N2O6P/c1-6-8-10-12-14-16-18-19-20-21-22-24-26-28-30-36(40)35(34-45-46(42,43)44-33-32-39(3,4)5)38-37(41)31-29-27-25-23-17-15-13-11-9-7-2/h21-22,35-36,40H,6-20,23-34H2,1-5H3,(H-,38,41,42,43)/b22-21+/t35-,36+/m0/s1. The fraction of sp³-hybridized carbons (Fsp3) is 0.919. The van der Waals surface area contributed by atoms with E-state index >= 15 is 0 Å². The molecule has 274 valence electrons. The normalized spacial score (nSPS) is 14.8. The first-order valence-corrected chi connectivity index (χ1v) is 20.5. The molecule has 1 unspecified atom stereocenters. The Morgan fingerprint density at radius 2 is 1.20 bits per heavy atom. The van der Waals surface area contributed by atoms with Gasteiger partial charge in [0.15, 0.2) is 0 Å². The summed E-state index contributed by atoms with van der Waals surface area (Å²) in [5.74, 6) is -0.178. The van der Waals surface area contributed by atoms with Gasteiger partial charge in [-0.1, -0.05) is 135 Å². The van der Waals surface area contributed by atoms with E-state index in [-0.39, 0.29) is 19.1 Å². The summed E-state index contributed by atoms with van der Waals surface area (Å²) < 4.78 is 23.1. The Balaban J connectivity index is 4.51. The van der Waals surface area contributed by atoms with Crippen LogP contribution >= 0.6 is 7.82 Å². The van der Waals surface area contributed by atoms with Crippen molar-refractivity contribution in [3.63, 3.8) is 0 Å². The van der Waals surface area contributed by atoms with E-state index in [0.29, 0.717) is 23.9 Å². The van der Waals surface area contributed by atoms with Crippen LogP contribution in [0.3, 0.4) is 0 Å². The van der Waals surface area contributed by atoms with E-state index in [2.05, 4.69) is 31.3 Å². The number of aliphatic hydroxyl groups is 1. The molecule has 8 nitrogen and oxygen atoms in total. The largest absolute Gasteiger partial charge is 0.756 e. The average molecular weight is 675 g/mol. The van der Waals surface area contributed by atoms with Gasteiger partial charge >= 0.3 is 0 Å². The first-order chi connectivity index (χ1) is 22.0. The molecule has 0 aromatic heterocycles. The molecule has 0 aliphatic carbocycles. The molecule has 9 heteroatoms. The highest BCUT2D eigenvalue weighted by Crippen LogP contribution is 2.38. The maximum Gasteiger partial charge on any atom is 0.268 e. The smallest absolute Gasteiger partial charge is 0.268 e. The van der Waals surface area contributed by atoms with E-state index in [9.17, 15) is 19.4 Å². The van der Waals surface area contributed by atoms with Gasteiger partial charge in [-0.15, -0.1) is 0 Å². The van der Waals surface area contributed by atoms with Crippen molar-refractivity contribution in [2.24, 2.45) is 0 Å². The van der Waals surface area contributed by atoms with Gasteiger partial charge in [0.25, 0.3) is 7.82 Å². The SMILES string of the molecule is CCCCCCCCCC/C=C/CCCC[C@@H](O)[C@H](COP(=O)([O-])OCC[N+](C)(C)C)NC(=O)CCCCCCCCCCCC. The molecule has 1 amide bonds. The molecule has 0 aromatic rings. The van der Waals surface area contributed by atoms with Gasteiger partial charge in [-0.25, -0.2) is 0 Å². The van der Waals surface area contributed by atoms with E-state index in [1.54, 1.807) is 0 Å². The molecule has 0 spiro atoms. The van der Waals surface area contributed by atoms with Crippen LogP contribution in [-0.4, -0.2) is 68.5 Å². The lowest BCUT2D eigenvalue weighted by Gasteiger charge is -2.30. The van der Waals surface area contributed by atoms with Crippen LogP contribution in [0, 0.1) is 0 Å². The summed E-state index contributed by atoms with van der Waals surface area (Å²) in [4.78, 5) is 25.1. The minimum Gasteiger partial charge on any atom is -0.756 e. The topological polar surface area (TPSA) is 108 Å². The van der Waals surface area contributed by atoms with Crippen molar-refractivity contribution in [3.05, 3.63) is 12.2 Å². The second-order valence-electron chi connectivity index (χ2n) is 14.3. The lowest BCUT2D eigenvalue weighted by molar-refractivity contribution is -0.870. The molecule has 3 atom stereocenters. The Kier molecular flexibility index (Phi) is 29.8. The zero-order valence-corrected chi connectivity index (χ0v) is 31.7. The summed E-state index contributed by atoms with van der Waals surface area (Å²) in [6, 6.07) is -0.808. The maximum atomic E-state index is 12.7. The van der Waals surface area contributed by atoms with Crippen LogP contribution < -0.4 is 10.2 Å². The molecule has 0 radical (unpaired) electrons. The molecule has 0 aliphatic rings. The minimum atomic E-state index is -4.55. The monoisotopic (exact) mass is 675 g/mol. The summed E-state index contributed by atoms with van der Waals surface area (Å²) in [6.07, 6.45) is 30.7. The number of hydrogen-bond donors (Lipinski definition) is 2. The van der Waals surface area contributed by atoms with Gasteiger partial charge in [-0.05, 0) is 38.5 Å². The molecule has 0 saturated heterocycles. The third kappa shape index (κ3) is 31.8. The van der Waals surface area contributed by atoms with Crippen LogP contribution in [0.15, 0.2) is 12.2 Å². The van der Waals surface area contributed by atoms with E-state index in [4.69, 9.17) is 9.05 Å². The highest BCUT2D eigenvalue weighted by molar-refractivity contribution is 7.45. The van der Waals surface area contributed by atoms with Crippen LogP contribution in [0.1, 0.15) is 168 Å². The molecule has 0 rings (SSSR count). The first-order valence-electron chi connectivity index (χ1n) is 19.0. The minimum absolute atomic E-state index is 0.00909. The van der Waals surface area contributed by atoms with Gasteiger partial charge in [0.1, 0.15) is 13.2 Å².